The first-order valence-electron chi connectivity index (χ1n) is 6.65. The number of rotatable bonds is 5. The number of methoxy groups -OCH3 is 2. The third kappa shape index (κ3) is 2.26. The monoisotopic (exact) mass is 282 g/mol. The van der Waals surface area contributed by atoms with Crippen LogP contribution in [0.4, 0.5) is 4.39 Å². The fraction of sp³-hybridized carbons (Fsp3) is 0.533. The Morgan fingerprint density at radius 1 is 1.35 bits per heavy atom. The minimum Gasteiger partial charge on any atom is -0.493 e. The molecule has 1 aliphatic rings. The van der Waals surface area contributed by atoms with E-state index in [2.05, 4.69) is 0 Å². The number of aliphatic carboxylic acids is 1. The Balaban J connectivity index is 2.56. The van der Waals surface area contributed by atoms with Crippen LogP contribution in [0.2, 0.25) is 0 Å². The van der Waals surface area contributed by atoms with Crippen molar-refractivity contribution in [2.75, 3.05) is 14.2 Å². The maximum absolute atomic E-state index is 14.4. The predicted molar refractivity (Wildman–Crippen MR) is 71.4 cm³/mol. The lowest BCUT2D eigenvalue weighted by atomic mass is 9.78. The lowest BCUT2D eigenvalue weighted by molar-refractivity contribution is -0.143. The average Bonchev–Trinajstić information content (AvgIpc) is 2.91. The van der Waals surface area contributed by atoms with Gasteiger partial charge in [-0.15, -0.1) is 0 Å². The summed E-state index contributed by atoms with van der Waals surface area (Å²) < 4.78 is 24.5. The molecule has 4 nitrogen and oxygen atoms in total. The van der Waals surface area contributed by atoms with E-state index in [9.17, 15) is 14.3 Å². The third-order valence-corrected chi connectivity index (χ3v) is 4.06. The molecule has 0 spiro atoms. The van der Waals surface area contributed by atoms with Crippen molar-refractivity contribution in [2.45, 2.75) is 37.7 Å². The zero-order chi connectivity index (χ0) is 14.8. The van der Waals surface area contributed by atoms with E-state index < -0.39 is 17.2 Å². The van der Waals surface area contributed by atoms with Crippen LogP contribution in [0, 0.1) is 5.82 Å². The Labute approximate surface area is 117 Å². The van der Waals surface area contributed by atoms with Crippen LogP contribution in [0.15, 0.2) is 12.1 Å². The van der Waals surface area contributed by atoms with Crippen molar-refractivity contribution in [2.24, 2.45) is 0 Å². The molecule has 1 fully saturated rings. The van der Waals surface area contributed by atoms with Gasteiger partial charge in [0.2, 0.25) is 0 Å². The van der Waals surface area contributed by atoms with E-state index in [4.69, 9.17) is 9.47 Å². The van der Waals surface area contributed by atoms with Crippen LogP contribution in [0.5, 0.6) is 5.75 Å². The SMILES string of the molecule is COCc1ccc(C2(C(=O)O)CCCC2)c(OC)c1F. The van der Waals surface area contributed by atoms with Crippen molar-refractivity contribution in [1.29, 1.82) is 0 Å². The summed E-state index contributed by atoms with van der Waals surface area (Å²) in [5.41, 5.74) is -0.230. The van der Waals surface area contributed by atoms with Gasteiger partial charge < -0.3 is 14.6 Å². The van der Waals surface area contributed by atoms with Crippen molar-refractivity contribution in [3.63, 3.8) is 0 Å². The highest BCUT2D eigenvalue weighted by Crippen LogP contribution is 2.46. The van der Waals surface area contributed by atoms with Crippen LogP contribution in [0.1, 0.15) is 36.8 Å². The summed E-state index contributed by atoms with van der Waals surface area (Å²) in [6.07, 6.45) is 2.69. The maximum atomic E-state index is 14.4. The number of hydrogen-bond donors (Lipinski definition) is 1. The van der Waals surface area contributed by atoms with Crippen LogP contribution in [0.25, 0.3) is 0 Å². The van der Waals surface area contributed by atoms with Crippen LogP contribution in [-0.4, -0.2) is 25.3 Å². The van der Waals surface area contributed by atoms with Gasteiger partial charge in [-0.2, -0.15) is 0 Å². The Bertz CT molecular complexity index is 507. The Morgan fingerprint density at radius 3 is 2.50 bits per heavy atom. The van der Waals surface area contributed by atoms with Crippen LogP contribution in [0.3, 0.4) is 0 Å². The van der Waals surface area contributed by atoms with E-state index >= 15 is 0 Å². The van der Waals surface area contributed by atoms with Crippen LogP contribution >= 0.6 is 0 Å². The van der Waals surface area contributed by atoms with Gasteiger partial charge in [0.25, 0.3) is 0 Å². The van der Waals surface area contributed by atoms with Gasteiger partial charge in [0.05, 0.1) is 19.1 Å². The summed E-state index contributed by atoms with van der Waals surface area (Å²) in [7, 11) is 2.85. The molecule has 0 aromatic heterocycles. The highest BCUT2D eigenvalue weighted by Gasteiger charge is 2.45. The highest BCUT2D eigenvalue weighted by atomic mass is 19.1. The van der Waals surface area contributed by atoms with Crippen molar-refractivity contribution in [3.8, 4) is 5.75 Å². The van der Waals surface area contributed by atoms with Gasteiger partial charge in [-0.3, -0.25) is 4.79 Å². The topological polar surface area (TPSA) is 55.8 Å². The lowest BCUT2D eigenvalue weighted by Crippen LogP contribution is -2.33. The quantitative estimate of drug-likeness (QED) is 0.902. The van der Waals surface area contributed by atoms with Gasteiger partial charge in [-0.25, -0.2) is 4.39 Å². The van der Waals surface area contributed by atoms with Crippen LogP contribution < -0.4 is 4.74 Å². The number of hydrogen-bond acceptors (Lipinski definition) is 3. The molecule has 2 rings (SSSR count). The predicted octanol–water partition coefficient (Wildman–Crippen LogP) is 2.88. The standard InChI is InChI=1S/C15H19FO4/c1-19-9-10-5-6-11(13(20-2)12(10)16)15(14(17)18)7-3-4-8-15/h5-6H,3-4,7-9H2,1-2H3,(H,17,18). The van der Waals surface area contributed by atoms with Crippen molar-refractivity contribution in [1.82, 2.24) is 0 Å². The fourth-order valence-electron chi connectivity index (χ4n) is 3.02. The second-order valence-corrected chi connectivity index (χ2v) is 5.15. The summed E-state index contributed by atoms with van der Waals surface area (Å²) >= 11 is 0. The summed E-state index contributed by atoms with van der Waals surface area (Å²) in [5, 5.41) is 9.60. The van der Waals surface area contributed by atoms with Gasteiger partial charge in [-0.1, -0.05) is 25.0 Å². The number of halogens is 1. The number of carboxylic acid groups (broad SMARTS) is 1. The smallest absolute Gasteiger partial charge is 0.314 e. The van der Waals surface area contributed by atoms with E-state index in [0.29, 0.717) is 24.0 Å². The summed E-state index contributed by atoms with van der Waals surface area (Å²) in [6.45, 7) is 0.128. The molecule has 0 radical (unpaired) electrons. The van der Waals surface area contributed by atoms with Gasteiger partial charge in [0.15, 0.2) is 11.6 Å². The molecule has 110 valence electrons. The zero-order valence-electron chi connectivity index (χ0n) is 11.7. The average molecular weight is 282 g/mol. The van der Waals surface area contributed by atoms with Crippen molar-refractivity contribution >= 4 is 5.97 Å². The maximum Gasteiger partial charge on any atom is 0.314 e. The third-order valence-electron chi connectivity index (χ3n) is 4.06. The minimum atomic E-state index is -1.03. The van der Waals surface area contributed by atoms with Gasteiger partial charge >= 0.3 is 5.97 Å². The van der Waals surface area contributed by atoms with Gasteiger partial charge in [0.1, 0.15) is 0 Å². The van der Waals surface area contributed by atoms with E-state index in [1.165, 1.54) is 14.2 Å². The van der Waals surface area contributed by atoms with Gasteiger partial charge in [-0.05, 0) is 12.8 Å². The summed E-state index contributed by atoms with van der Waals surface area (Å²) in [4.78, 5) is 11.7. The van der Waals surface area contributed by atoms with Gasteiger partial charge in [0, 0.05) is 18.2 Å². The Morgan fingerprint density at radius 2 is 2.00 bits per heavy atom. The molecule has 0 aliphatic heterocycles. The van der Waals surface area contributed by atoms with E-state index in [1.54, 1.807) is 12.1 Å². The molecular weight excluding hydrogens is 263 g/mol. The molecule has 0 atom stereocenters. The molecule has 0 unspecified atom stereocenters. The summed E-state index contributed by atoms with van der Waals surface area (Å²) in [6, 6.07) is 3.25. The first-order valence-corrected chi connectivity index (χ1v) is 6.65. The molecule has 0 bridgehead atoms. The second-order valence-electron chi connectivity index (χ2n) is 5.15. The van der Waals surface area contributed by atoms with Crippen LogP contribution in [-0.2, 0) is 21.6 Å². The molecule has 1 aliphatic carbocycles. The van der Waals surface area contributed by atoms with E-state index in [-0.39, 0.29) is 12.4 Å². The first kappa shape index (κ1) is 14.8. The number of ether oxygens (including phenoxy) is 2. The highest BCUT2D eigenvalue weighted by molar-refractivity contribution is 5.83. The lowest BCUT2D eigenvalue weighted by Gasteiger charge is -2.27. The number of benzene rings is 1. The molecular formula is C15H19FO4. The normalized spacial score (nSPS) is 17.1. The molecule has 0 heterocycles. The molecule has 0 amide bonds. The van der Waals surface area contributed by atoms with Crippen molar-refractivity contribution < 1.29 is 23.8 Å². The molecule has 20 heavy (non-hydrogen) atoms. The minimum absolute atomic E-state index is 0.0313. The number of carboxylic acids is 1. The fourth-order valence-corrected chi connectivity index (χ4v) is 3.02. The molecule has 1 aromatic rings. The molecule has 1 N–H and O–H groups in total. The molecule has 1 aromatic carbocycles. The zero-order valence-corrected chi connectivity index (χ0v) is 11.7. The largest absolute Gasteiger partial charge is 0.493 e. The Hall–Kier alpha value is -1.62. The number of carbonyl (C=O) groups is 1. The Kier molecular flexibility index (Phi) is 4.28. The molecule has 0 saturated heterocycles. The first-order chi connectivity index (χ1) is 9.56. The molecule has 1 saturated carbocycles. The second kappa shape index (κ2) is 5.79. The summed E-state index contributed by atoms with van der Waals surface area (Å²) in [5.74, 6) is -1.41. The molecule has 5 heteroatoms. The van der Waals surface area contributed by atoms with E-state index in [0.717, 1.165) is 12.8 Å². The van der Waals surface area contributed by atoms with Crippen molar-refractivity contribution in [3.05, 3.63) is 29.1 Å². The van der Waals surface area contributed by atoms with E-state index in [1.807, 2.05) is 0 Å².